The van der Waals surface area contributed by atoms with Crippen molar-refractivity contribution in [3.8, 4) is 33.8 Å². The lowest BCUT2D eigenvalue weighted by molar-refractivity contribution is 0.356. The molecule has 0 spiro atoms. The van der Waals surface area contributed by atoms with Crippen LogP contribution < -0.4 is 9.47 Å². The van der Waals surface area contributed by atoms with Crippen molar-refractivity contribution < 1.29 is 9.47 Å². The average molecular weight is 212 g/mol. The van der Waals surface area contributed by atoms with Gasteiger partial charge in [-0.3, -0.25) is 0 Å². The zero-order chi connectivity index (χ0) is 11.1. The first-order valence-corrected chi connectivity index (χ1v) is 5.21. The third kappa shape index (κ3) is 1.01. The molecule has 0 heterocycles. The maximum absolute atomic E-state index is 5.43. The van der Waals surface area contributed by atoms with E-state index < -0.39 is 0 Å². The van der Waals surface area contributed by atoms with Gasteiger partial charge in [-0.15, -0.1) is 0 Å². The highest BCUT2D eigenvalue weighted by atomic mass is 16.5. The van der Waals surface area contributed by atoms with Crippen molar-refractivity contribution in [1.29, 1.82) is 0 Å². The van der Waals surface area contributed by atoms with E-state index in [0.29, 0.717) is 0 Å². The number of rotatable bonds is 2. The van der Waals surface area contributed by atoms with Crippen LogP contribution in [0.5, 0.6) is 11.5 Å². The van der Waals surface area contributed by atoms with Gasteiger partial charge in [0.15, 0.2) is 11.5 Å². The van der Waals surface area contributed by atoms with E-state index in [1.807, 2.05) is 12.1 Å². The smallest absolute Gasteiger partial charge is 0.169 e. The van der Waals surface area contributed by atoms with Crippen molar-refractivity contribution >= 4 is 0 Å². The molecule has 0 bridgehead atoms. The minimum atomic E-state index is 0.788. The Labute approximate surface area is 94.4 Å². The Hall–Kier alpha value is -1.96. The molecule has 2 nitrogen and oxygen atoms in total. The van der Waals surface area contributed by atoms with Gasteiger partial charge in [0.05, 0.1) is 14.2 Å². The molecule has 2 aromatic carbocycles. The first kappa shape index (κ1) is 9.28. The molecule has 0 aromatic heterocycles. The van der Waals surface area contributed by atoms with E-state index in [1.54, 1.807) is 14.2 Å². The maximum atomic E-state index is 5.43. The second kappa shape index (κ2) is 3.27. The number of benzene rings is 2. The Morgan fingerprint density at radius 2 is 1.50 bits per heavy atom. The van der Waals surface area contributed by atoms with E-state index in [0.717, 1.165) is 17.1 Å². The first-order valence-electron chi connectivity index (χ1n) is 5.21. The van der Waals surface area contributed by atoms with E-state index in [1.165, 1.54) is 16.7 Å². The molecule has 0 N–H and O–H groups in total. The third-order valence-corrected chi connectivity index (χ3v) is 3.03. The van der Waals surface area contributed by atoms with E-state index in [2.05, 4.69) is 24.3 Å². The van der Waals surface area contributed by atoms with Crippen LogP contribution in [0.15, 0.2) is 36.4 Å². The fourth-order valence-corrected chi connectivity index (χ4v) is 2.29. The van der Waals surface area contributed by atoms with Crippen LogP contribution in [0.1, 0.15) is 0 Å². The van der Waals surface area contributed by atoms with Gasteiger partial charge in [-0.2, -0.15) is 0 Å². The van der Waals surface area contributed by atoms with Crippen LogP contribution >= 0.6 is 0 Å². The SMILES string of the molecule is COc1ccc2c(c1OC)-c1ccccc1-2. The Balaban J connectivity index is 2.25. The molecule has 80 valence electrons. The highest BCUT2D eigenvalue weighted by Gasteiger charge is 2.27. The largest absolute Gasteiger partial charge is 0.493 e. The molecule has 1 aliphatic rings. The van der Waals surface area contributed by atoms with Crippen molar-refractivity contribution in [3.63, 3.8) is 0 Å². The number of methoxy groups -OCH3 is 2. The lowest BCUT2D eigenvalue weighted by Crippen LogP contribution is -2.02. The Bertz CT molecular complexity index is 559. The Morgan fingerprint density at radius 3 is 2.19 bits per heavy atom. The van der Waals surface area contributed by atoms with Gasteiger partial charge in [0, 0.05) is 5.56 Å². The summed E-state index contributed by atoms with van der Waals surface area (Å²) in [5, 5.41) is 0. The fraction of sp³-hybridized carbons (Fsp3) is 0.143. The molecule has 0 fully saturated rings. The fourth-order valence-electron chi connectivity index (χ4n) is 2.29. The summed E-state index contributed by atoms with van der Waals surface area (Å²) in [6.07, 6.45) is 0. The van der Waals surface area contributed by atoms with Gasteiger partial charge < -0.3 is 9.47 Å². The predicted molar refractivity (Wildman–Crippen MR) is 64.0 cm³/mol. The highest BCUT2D eigenvalue weighted by molar-refractivity contribution is 6.05. The molecule has 16 heavy (non-hydrogen) atoms. The molecule has 0 radical (unpaired) electrons. The van der Waals surface area contributed by atoms with Gasteiger partial charge in [0.1, 0.15) is 0 Å². The van der Waals surface area contributed by atoms with Crippen molar-refractivity contribution in [1.82, 2.24) is 0 Å². The number of fused-ring (bicyclic) bond motifs is 4. The Kier molecular flexibility index (Phi) is 1.90. The summed E-state index contributed by atoms with van der Waals surface area (Å²) in [5.74, 6) is 1.62. The third-order valence-electron chi connectivity index (χ3n) is 3.03. The van der Waals surface area contributed by atoms with Gasteiger partial charge >= 0.3 is 0 Å². The van der Waals surface area contributed by atoms with Gasteiger partial charge in [-0.05, 0) is 28.8 Å². The van der Waals surface area contributed by atoms with E-state index >= 15 is 0 Å². The van der Waals surface area contributed by atoms with Crippen molar-refractivity contribution in [3.05, 3.63) is 36.4 Å². The lowest BCUT2D eigenvalue weighted by Gasteiger charge is -2.26. The molecule has 0 atom stereocenters. The maximum Gasteiger partial charge on any atom is 0.169 e. The minimum Gasteiger partial charge on any atom is -0.493 e. The summed E-state index contributed by atoms with van der Waals surface area (Å²) in [5.41, 5.74) is 4.94. The van der Waals surface area contributed by atoms with Crippen molar-refractivity contribution in [2.24, 2.45) is 0 Å². The molecule has 0 aliphatic heterocycles. The van der Waals surface area contributed by atoms with E-state index in [-0.39, 0.29) is 0 Å². The summed E-state index contributed by atoms with van der Waals surface area (Å²) in [6.45, 7) is 0. The average Bonchev–Trinajstić information content (AvgIpc) is 2.34. The molecule has 0 saturated heterocycles. The number of ether oxygens (including phenoxy) is 2. The summed E-state index contributed by atoms with van der Waals surface area (Å²) >= 11 is 0. The molecule has 0 saturated carbocycles. The lowest BCUT2D eigenvalue weighted by atomic mass is 9.80. The topological polar surface area (TPSA) is 18.5 Å². The zero-order valence-electron chi connectivity index (χ0n) is 9.28. The van der Waals surface area contributed by atoms with E-state index in [4.69, 9.17) is 9.47 Å². The van der Waals surface area contributed by atoms with Gasteiger partial charge in [0.25, 0.3) is 0 Å². The normalized spacial score (nSPS) is 11.1. The minimum absolute atomic E-state index is 0.788. The summed E-state index contributed by atoms with van der Waals surface area (Å²) in [4.78, 5) is 0. The molecule has 1 aliphatic carbocycles. The quantitative estimate of drug-likeness (QED) is 0.648. The predicted octanol–water partition coefficient (Wildman–Crippen LogP) is 3.35. The Morgan fingerprint density at radius 1 is 0.750 bits per heavy atom. The van der Waals surface area contributed by atoms with Crippen LogP contribution in [0.3, 0.4) is 0 Å². The number of hydrogen-bond donors (Lipinski definition) is 0. The number of hydrogen-bond acceptors (Lipinski definition) is 2. The van der Waals surface area contributed by atoms with Crippen LogP contribution in [0.2, 0.25) is 0 Å². The molecule has 0 unspecified atom stereocenters. The van der Waals surface area contributed by atoms with Gasteiger partial charge in [-0.1, -0.05) is 24.3 Å². The standard InChI is InChI=1S/C14H12O2/c1-15-12-8-7-11-9-5-3-4-6-10(9)13(11)14(12)16-2/h3-8H,1-2H3. The van der Waals surface area contributed by atoms with E-state index in [9.17, 15) is 0 Å². The van der Waals surface area contributed by atoms with Crippen LogP contribution in [0.25, 0.3) is 22.3 Å². The molecule has 0 amide bonds. The van der Waals surface area contributed by atoms with Crippen LogP contribution in [-0.2, 0) is 0 Å². The van der Waals surface area contributed by atoms with Gasteiger partial charge in [-0.25, -0.2) is 0 Å². The summed E-state index contributed by atoms with van der Waals surface area (Å²) in [7, 11) is 3.34. The first-order chi connectivity index (χ1) is 7.86. The second-order valence-electron chi connectivity index (χ2n) is 3.77. The van der Waals surface area contributed by atoms with Crippen molar-refractivity contribution in [2.45, 2.75) is 0 Å². The molecular formula is C14H12O2. The van der Waals surface area contributed by atoms with Crippen molar-refractivity contribution in [2.75, 3.05) is 14.2 Å². The summed E-state index contributed by atoms with van der Waals surface area (Å²) < 4.78 is 10.7. The van der Waals surface area contributed by atoms with Crippen LogP contribution in [0, 0.1) is 0 Å². The van der Waals surface area contributed by atoms with Crippen LogP contribution in [-0.4, -0.2) is 14.2 Å². The van der Waals surface area contributed by atoms with Gasteiger partial charge in [0.2, 0.25) is 0 Å². The van der Waals surface area contributed by atoms with Crippen LogP contribution in [0.4, 0.5) is 0 Å². The highest BCUT2D eigenvalue weighted by Crippen LogP contribution is 2.54. The molecular weight excluding hydrogens is 200 g/mol. The molecule has 3 rings (SSSR count). The molecule has 2 aromatic rings. The monoisotopic (exact) mass is 212 g/mol. The second-order valence-corrected chi connectivity index (χ2v) is 3.77. The summed E-state index contributed by atoms with van der Waals surface area (Å²) in [6, 6.07) is 12.4. The zero-order valence-corrected chi connectivity index (χ0v) is 9.28. The molecule has 2 heteroatoms.